The Bertz CT molecular complexity index is 293. The molecule has 0 saturated heterocycles. The lowest BCUT2D eigenvalue weighted by Crippen LogP contribution is -2.10. The van der Waals surface area contributed by atoms with Gasteiger partial charge in [0.1, 0.15) is 11.5 Å². The van der Waals surface area contributed by atoms with Gasteiger partial charge in [-0.15, -0.1) is 11.3 Å². The Kier molecular flexibility index (Phi) is 4.62. The van der Waals surface area contributed by atoms with E-state index in [9.17, 15) is 4.79 Å². The van der Waals surface area contributed by atoms with Gasteiger partial charge in [-0.3, -0.25) is 0 Å². The molecule has 1 aromatic rings. The first-order valence-corrected chi connectivity index (χ1v) is 5.42. The number of hydrogen-bond donors (Lipinski definition) is 0. The second kappa shape index (κ2) is 5.78. The van der Waals surface area contributed by atoms with Crippen LogP contribution in [0.25, 0.3) is 0 Å². The molecule has 0 radical (unpaired) electrons. The molecule has 0 atom stereocenters. The van der Waals surface area contributed by atoms with Crippen LogP contribution in [0, 0.1) is 6.92 Å². The maximum atomic E-state index is 11.4. The van der Waals surface area contributed by atoms with Crippen molar-refractivity contribution in [3.8, 4) is 0 Å². The molecule has 3 nitrogen and oxygen atoms in total. The number of rotatable bonds is 5. The highest BCUT2D eigenvalue weighted by atomic mass is 32.1. The van der Waals surface area contributed by atoms with Gasteiger partial charge in [0, 0.05) is 6.61 Å². The number of esters is 1. The SMILES string of the molecule is CCOCCOC(=O)c1sccc1C. The lowest BCUT2D eigenvalue weighted by Gasteiger charge is -2.03. The third-order valence-electron chi connectivity index (χ3n) is 1.71. The van der Waals surface area contributed by atoms with E-state index in [4.69, 9.17) is 9.47 Å². The summed E-state index contributed by atoms with van der Waals surface area (Å²) in [7, 11) is 0. The Balaban J connectivity index is 2.32. The van der Waals surface area contributed by atoms with Crippen LogP contribution in [0.3, 0.4) is 0 Å². The van der Waals surface area contributed by atoms with Crippen molar-refractivity contribution in [2.45, 2.75) is 13.8 Å². The first-order valence-electron chi connectivity index (χ1n) is 4.54. The fourth-order valence-corrected chi connectivity index (χ4v) is 1.80. The normalized spacial score (nSPS) is 10.1. The van der Waals surface area contributed by atoms with Gasteiger partial charge in [-0.05, 0) is 30.9 Å². The Hall–Kier alpha value is -0.870. The van der Waals surface area contributed by atoms with Gasteiger partial charge >= 0.3 is 5.97 Å². The Morgan fingerprint density at radius 2 is 2.29 bits per heavy atom. The van der Waals surface area contributed by atoms with Crippen LogP contribution in [-0.4, -0.2) is 25.8 Å². The summed E-state index contributed by atoms with van der Waals surface area (Å²) in [5.74, 6) is -0.253. The number of ether oxygens (including phenoxy) is 2. The first kappa shape index (κ1) is 11.2. The summed E-state index contributed by atoms with van der Waals surface area (Å²) in [5, 5.41) is 1.88. The largest absolute Gasteiger partial charge is 0.459 e. The highest BCUT2D eigenvalue weighted by molar-refractivity contribution is 7.12. The van der Waals surface area contributed by atoms with Crippen LogP contribution >= 0.6 is 11.3 Å². The van der Waals surface area contributed by atoms with Crippen LogP contribution in [0.15, 0.2) is 11.4 Å². The summed E-state index contributed by atoms with van der Waals surface area (Å²) in [6.45, 7) is 5.24. The van der Waals surface area contributed by atoms with E-state index in [1.54, 1.807) is 0 Å². The predicted octanol–water partition coefficient (Wildman–Crippen LogP) is 2.25. The van der Waals surface area contributed by atoms with E-state index in [1.807, 2.05) is 25.3 Å². The van der Waals surface area contributed by atoms with Gasteiger partial charge in [-0.2, -0.15) is 0 Å². The molecule has 0 spiro atoms. The van der Waals surface area contributed by atoms with Gasteiger partial charge in [-0.1, -0.05) is 0 Å². The molecule has 0 bridgehead atoms. The topological polar surface area (TPSA) is 35.5 Å². The van der Waals surface area contributed by atoms with Gasteiger partial charge < -0.3 is 9.47 Å². The van der Waals surface area contributed by atoms with E-state index in [1.165, 1.54) is 11.3 Å². The van der Waals surface area contributed by atoms with Crippen LogP contribution in [0.1, 0.15) is 22.2 Å². The van der Waals surface area contributed by atoms with Gasteiger partial charge in [0.05, 0.1) is 6.61 Å². The molecule has 4 heteroatoms. The molecule has 0 fully saturated rings. The average molecular weight is 214 g/mol. The first-order chi connectivity index (χ1) is 6.75. The van der Waals surface area contributed by atoms with Crippen molar-refractivity contribution in [3.63, 3.8) is 0 Å². The van der Waals surface area contributed by atoms with Crippen molar-refractivity contribution >= 4 is 17.3 Å². The Labute approximate surface area is 87.7 Å². The highest BCUT2D eigenvalue weighted by Gasteiger charge is 2.10. The van der Waals surface area contributed by atoms with E-state index in [-0.39, 0.29) is 5.97 Å². The molecule has 0 unspecified atom stereocenters. The van der Waals surface area contributed by atoms with E-state index in [0.717, 1.165) is 5.56 Å². The molecule has 1 rings (SSSR count). The van der Waals surface area contributed by atoms with Crippen molar-refractivity contribution in [3.05, 3.63) is 21.9 Å². The zero-order chi connectivity index (χ0) is 10.4. The average Bonchev–Trinajstić information content (AvgIpc) is 2.59. The van der Waals surface area contributed by atoms with Gasteiger partial charge in [0.2, 0.25) is 0 Å². The predicted molar refractivity (Wildman–Crippen MR) is 55.8 cm³/mol. The summed E-state index contributed by atoms with van der Waals surface area (Å²) in [6.07, 6.45) is 0. The Morgan fingerprint density at radius 1 is 1.50 bits per heavy atom. The second-order valence-corrected chi connectivity index (χ2v) is 3.68. The van der Waals surface area contributed by atoms with E-state index in [2.05, 4.69) is 0 Å². The van der Waals surface area contributed by atoms with Crippen molar-refractivity contribution in [1.29, 1.82) is 0 Å². The molecule has 0 aliphatic carbocycles. The fraction of sp³-hybridized carbons (Fsp3) is 0.500. The summed E-state index contributed by atoms with van der Waals surface area (Å²) in [5.41, 5.74) is 0.969. The van der Waals surface area contributed by atoms with Crippen LogP contribution in [0.2, 0.25) is 0 Å². The summed E-state index contributed by atoms with van der Waals surface area (Å²) >= 11 is 1.41. The molecule has 0 aromatic carbocycles. The number of carbonyl (C=O) groups excluding carboxylic acids is 1. The molecule has 78 valence electrons. The number of hydrogen-bond acceptors (Lipinski definition) is 4. The maximum Gasteiger partial charge on any atom is 0.348 e. The third kappa shape index (κ3) is 3.12. The lowest BCUT2D eigenvalue weighted by atomic mass is 10.3. The quantitative estimate of drug-likeness (QED) is 0.557. The van der Waals surface area contributed by atoms with Gasteiger partial charge in [-0.25, -0.2) is 4.79 Å². The van der Waals surface area contributed by atoms with E-state index < -0.39 is 0 Å². The standard InChI is InChI=1S/C10H14O3S/c1-3-12-5-6-13-10(11)9-8(2)4-7-14-9/h4,7H,3,5-6H2,1-2H3. The van der Waals surface area contributed by atoms with Crippen molar-refractivity contribution in [2.24, 2.45) is 0 Å². The smallest absolute Gasteiger partial charge is 0.348 e. The van der Waals surface area contributed by atoms with Crippen LogP contribution in [0.4, 0.5) is 0 Å². The zero-order valence-electron chi connectivity index (χ0n) is 8.41. The van der Waals surface area contributed by atoms with E-state index >= 15 is 0 Å². The van der Waals surface area contributed by atoms with Gasteiger partial charge in [0.15, 0.2) is 0 Å². The lowest BCUT2D eigenvalue weighted by molar-refractivity contribution is 0.0340. The molecule has 0 N–H and O–H groups in total. The number of aryl methyl sites for hydroxylation is 1. The van der Waals surface area contributed by atoms with Crippen LogP contribution in [-0.2, 0) is 9.47 Å². The summed E-state index contributed by atoms with van der Waals surface area (Å²) < 4.78 is 10.1. The molecule has 0 aliphatic rings. The summed E-state index contributed by atoms with van der Waals surface area (Å²) in [4.78, 5) is 12.1. The number of carbonyl (C=O) groups is 1. The van der Waals surface area contributed by atoms with Crippen LogP contribution in [0.5, 0.6) is 0 Å². The van der Waals surface area contributed by atoms with Crippen LogP contribution < -0.4 is 0 Å². The molecular weight excluding hydrogens is 200 g/mol. The maximum absolute atomic E-state index is 11.4. The van der Waals surface area contributed by atoms with Crippen molar-refractivity contribution in [1.82, 2.24) is 0 Å². The highest BCUT2D eigenvalue weighted by Crippen LogP contribution is 2.16. The van der Waals surface area contributed by atoms with E-state index in [0.29, 0.717) is 24.7 Å². The molecule has 0 amide bonds. The zero-order valence-corrected chi connectivity index (χ0v) is 9.23. The number of thiophene rings is 1. The second-order valence-electron chi connectivity index (χ2n) is 2.77. The third-order valence-corrected chi connectivity index (χ3v) is 2.71. The molecule has 0 aliphatic heterocycles. The minimum Gasteiger partial charge on any atom is -0.459 e. The molecule has 1 heterocycles. The van der Waals surface area contributed by atoms with Gasteiger partial charge in [0.25, 0.3) is 0 Å². The minimum absolute atomic E-state index is 0.253. The summed E-state index contributed by atoms with van der Waals surface area (Å²) in [6, 6.07) is 1.91. The molecule has 14 heavy (non-hydrogen) atoms. The van der Waals surface area contributed by atoms with Crippen molar-refractivity contribution < 1.29 is 14.3 Å². The monoisotopic (exact) mass is 214 g/mol. The molecule has 0 saturated carbocycles. The minimum atomic E-state index is -0.253. The molecular formula is C10H14O3S. The Morgan fingerprint density at radius 3 is 2.86 bits per heavy atom. The molecule has 1 aromatic heterocycles. The fourth-order valence-electron chi connectivity index (χ4n) is 0.985. The van der Waals surface area contributed by atoms with Crippen molar-refractivity contribution in [2.75, 3.05) is 19.8 Å².